The van der Waals surface area contributed by atoms with Gasteiger partial charge in [0, 0.05) is 23.6 Å². The first-order chi connectivity index (χ1) is 9.56. The topological polar surface area (TPSA) is 64.1 Å². The van der Waals surface area contributed by atoms with Gasteiger partial charge in [0.2, 0.25) is 0 Å². The van der Waals surface area contributed by atoms with Crippen LogP contribution in [0, 0.1) is 12.8 Å². The molecule has 1 aromatic rings. The van der Waals surface area contributed by atoms with Crippen molar-refractivity contribution in [2.75, 3.05) is 7.11 Å². The lowest BCUT2D eigenvalue weighted by Crippen LogP contribution is -2.40. The molecule has 2 atom stereocenters. The lowest BCUT2D eigenvalue weighted by molar-refractivity contribution is 0.0465. The second kappa shape index (κ2) is 6.83. The van der Waals surface area contributed by atoms with Crippen LogP contribution in [0.2, 0.25) is 0 Å². The maximum atomic E-state index is 12.2. The minimum atomic E-state index is -0.393. The Balaban J connectivity index is 3.40. The molecule has 0 amide bonds. The Kier molecular flexibility index (Phi) is 5.87. The molecule has 0 aliphatic rings. The number of thioether (sulfide) groups is 1. The van der Waals surface area contributed by atoms with Gasteiger partial charge in [-0.05, 0) is 12.8 Å². The fourth-order valence-corrected chi connectivity index (χ4v) is 3.69. The zero-order valence-electron chi connectivity index (χ0n) is 13.9. The first-order valence-electron chi connectivity index (χ1n) is 7.09. The first-order valence-corrected chi connectivity index (χ1v) is 7.97. The highest BCUT2D eigenvalue weighted by Crippen LogP contribution is 2.39. The number of nitrogens with zero attached hydrogens (tertiary/aromatic N) is 1. The van der Waals surface area contributed by atoms with Crippen LogP contribution in [0.25, 0.3) is 0 Å². The van der Waals surface area contributed by atoms with Crippen LogP contribution in [0.1, 0.15) is 45.6 Å². The van der Waals surface area contributed by atoms with Crippen molar-refractivity contribution in [2.45, 2.75) is 57.8 Å². The lowest BCUT2D eigenvalue weighted by Gasteiger charge is -2.34. The van der Waals surface area contributed by atoms with E-state index in [-0.39, 0.29) is 27.7 Å². The van der Waals surface area contributed by atoms with Crippen LogP contribution in [0.3, 0.4) is 0 Å². The van der Waals surface area contributed by atoms with E-state index >= 15 is 0 Å². The molecule has 5 nitrogen and oxygen atoms in total. The second-order valence-corrected chi connectivity index (χ2v) is 8.49. The van der Waals surface area contributed by atoms with Gasteiger partial charge in [-0.2, -0.15) is 0 Å². The number of nitrogens with one attached hydrogen (secondary N) is 1. The van der Waals surface area contributed by atoms with E-state index in [1.807, 2.05) is 0 Å². The molecule has 0 fully saturated rings. The molecule has 0 radical (unpaired) electrons. The van der Waals surface area contributed by atoms with Crippen molar-refractivity contribution in [3.05, 3.63) is 32.6 Å². The van der Waals surface area contributed by atoms with Crippen molar-refractivity contribution in [3.8, 4) is 0 Å². The maximum Gasteiger partial charge on any atom is 0.329 e. The number of aromatic amines is 1. The summed E-state index contributed by atoms with van der Waals surface area (Å²) in [7, 11) is 1.66. The minimum absolute atomic E-state index is 0.0418. The Morgan fingerprint density at radius 3 is 2.29 bits per heavy atom. The first kappa shape index (κ1) is 18.0. The third-order valence-corrected chi connectivity index (χ3v) is 4.55. The van der Waals surface area contributed by atoms with Crippen molar-refractivity contribution in [3.63, 3.8) is 0 Å². The Hall–Kier alpha value is -1.01. The average molecular weight is 314 g/mol. The van der Waals surface area contributed by atoms with Crippen LogP contribution in [0.15, 0.2) is 15.8 Å². The fraction of sp³-hybridized carbons (Fsp3) is 0.733. The SMILES string of the molecule is CO[C@@H](C(C)C)[C@@H](SC(C)(C)C)n1cc(C)c(=O)[nH]c1=O. The van der Waals surface area contributed by atoms with Gasteiger partial charge in [-0.3, -0.25) is 14.3 Å². The summed E-state index contributed by atoms with van der Waals surface area (Å²) in [4.78, 5) is 26.1. The highest BCUT2D eigenvalue weighted by atomic mass is 32.2. The fourth-order valence-electron chi connectivity index (χ4n) is 2.14. The van der Waals surface area contributed by atoms with E-state index in [1.165, 1.54) is 0 Å². The molecular formula is C15H26N2O3S. The standard InChI is InChI=1S/C15H26N2O3S/c1-9(2)11(20-7)13(21-15(4,5)6)17-8-10(3)12(18)16-14(17)19/h8-9,11,13H,1-7H3,(H,16,18,19)/t11-,13+/m0/s1. The molecule has 6 heteroatoms. The number of H-pyrrole nitrogens is 1. The van der Waals surface area contributed by atoms with E-state index in [9.17, 15) is 9.59 Å². The molecule has 0 bridgehead atoms. The Morgan fingerprint density at radius 1 is 1.29 bits per heavy atom. The van der Waals surface area contributed by atoms with Gasteiger partial charge in [-0.1, -0.05) is 34.6 Å². The van der Waals surface area contributed by atoms with Crippen LogP contribution in [-0.4, -0.2) is 27.5 Å². The molecule has 0 saturated carbocycles. The lowest BCUT2D eigenvalue weighted by atomic mass is 10.1. The molecule has 0 aromatic carbocycles. The number of methoxy groups -OCH3 is 1. The summed E-state index contributed by atoms with van der Waals surface area (Å²) in [5.41, 5.74) is -0.211. The van der Waals surface area contributed by atoms with Gasteiger partial charge in [0.15, 0.2) is 0 Å². The zero-order valence-corrected chi connectivity index (χ0v) is 14.7. The summed E-state index contributed by atoms with van der Waals surface area (Å²) in [6.45, 7) is 12.1. The Labute approximate surface area is 130 Å². The molecule has 0 aliphatic heterocycles. The van der Waals surface area contributed by atoms with Crippen molar-refractivity contribution in [2.24, 2.45) is 5.92 Å². The van der Waals surface area contributed by atoms with Gasteiger partial charge in [0.25, 0.3) is 5.56 Å². The van der Waals surface area contributed by atoms with E-state index in [4.69, 9.17) is 4.74 Å². The van der Waals surface area contributed by atoms with Gasteiger partial charge in [0.05, 0.1) is 6.10 Å². The molecule has 1 rings (SSSR count). The number of ether oxygens (including phenoxy) is 1. The molecule has 120 valence electrons. The summed E-state index contributed by atoms with van der Waals surface area (Å²) in [6, 6.07) is 0. The van der Waals surface area contributed by atoms with Gasteiger partial charge >= 0.3 is 5.69 Å². The quantitative estimate of drug-likeness (QED) is 0.907. The summed E-state index contributed by atoms with van der Waals surface area (Å²) in [5, 5.41) is -0.196. The Morgan fingerprint density at radius 2 is 1.86 bits per heavy atom. The van der Waals surface area contributed by atoms with Crippen LogP contribution >= 0.6 is 11.8 Å². The third kappa shape index (κ3) is 4.74. The third-order valence-electron chi connectivity index (χ3n) is 3.10. The van der Waals surface area contributed by atoms with Gasteiger partial charge in [0.1, 0.15) is 5.37 Å². The Bertz CT molecular complexity index is 584. The number of hydrogen-bond donors (Lipinski definition) is 1. The molecule has 1 aromatic heterocycles. The second-order valence-electron chi connectivity index (χ2n) is 6.54. The van der Waals surface area contributed by atoms with Crippen molar-refractivity contribution >= 4 is 11.8 Å². The maximum absolute atomic E-state index is 12.2. The molecule has 0 unspecified atom stereocenters. The summed E-state index contributed by atoms with van der Waals surface area (Å²) < 4.78 is 7.17. The van der Waals surface area contributed by atoms with Crippen LogP contribution in [-0.2, 0) is 4.74 Å². The summed E-state index contributed by atoms with van der Waals surface area (Å²) in [5.74, 6) is 0.244. The molecule has 1 N–H and O–H groups in total. The molecule has 1 heterocycles. The largest absolute Gasteiger partial charge is 0.378 e. The van der Waals surface area contributed by atoms with Gasteiger partial charge in [-0.25, -0.2) is 4.79 Å². The number of aryl methyl sites for hydroxylation is 1. The van der Waals surface area contributed by atoms with E-state index in [2.05, 4.69) is 39.6 Å². The summed E-state index contributed by atoms with van der Waals surface area (Å²) >= 11 is 1.66. The van der Waals surface area contributed by atoms with Crippen molar-refractivity contribution in [1.82, 2.24) is 9.55 Å². The molecular weight excluding hydrogens is 288 g/mol. The van der Waals surface area contributed by atoms with Crippen LogP contribution in [0.5, 0.6) is 0 Å². The summed E-state index contributed by atoms with van der Waals surface area (Å²) in [6.07, 6.45) is 1.50. The molecule has 0 aliphatic carbocycles. The van der Waals surface area contributed by atoms with Gasteiger partial charge in [-0.15, -0.1) is 11.8 Å². The van der Waals surface area contributed by atoms with Crippen LogP contribution in [0.4, 0.5) is 0 Å². The van der Waals surface area contributed by atoms with Gasteiger partial charge < -0.3 is 4.74 Å². The van der Waals surface area contributed by atoms with E-state index in [0.29, 0.717) is 5.56 Å². The monoisotopic (exact) mass is 314 g/mol. The van der Waals surface area contributed by atoms with Crippen molar-refractivity contribution in [1.29, 1.82) is 0 Å². The highest BCUT2D eigenvalue weighted by molar-refractivity contribution is 8.00. The van der Waals surface area contributed by atoms with Crippen molar-refractivity contribution < 1.29 is 4.74 Å². The van der Waals surface area contributed by atoms with E-state index in [0.717, 1.165) is 0 Å². The van der Waals surface area contributed by atoms with Crippen LogP contribution < -0.4 is 11.2 Å². The molecule has 0 saturated heterocycles. The zero-order chi connectivity index (χ0) is 16.4. The van der Waals surface area contributed by atoms with E-state index in [1.54, 1.807) is 36.6 Å². The molecule has 21 heavy (non-hydrogen) atoms. The number of rotatable bonds is 5. The predicted octanol–water partition coefficient (Wildman–Crippen LogP) is 2.55. The van der Waals surface area contributed by atoms with E-state index < -0.39 is 5.69 Å². The highest BCUT2D eigenvalue weighted by Gasteiger charge is 2.31. The smallest absolute Gasteiger partial charge is 0.329 e. The average Bonchev–Trinajstić information content (AvgIpc) is 2.31. The minimum Gasteiger partial charge on any atom is -0.378 e. The molecule has 0 spiro atoms. The predicted molar refractivity (Wildman–Crippen MR) is 88.1 cm³/mol. The number of aromatic nitrogens is 2. The number of hydrogen-bond acceptors (Lipinski definition) is 4. The normalized spacial score (nSPS) is 15.2.